The van der Waals surface area contributed by atoms with Crippen LogP contribution in [0.4, 0.5) is 0 Å². The van der Waals surface area contributed by atoms with Crippen molar-refractivity contribution in [3.8, 4) is 0 Å². The van der Waals surface area contributed by atoms with Gasteiger partial charge in [-0.3, -0.25) is 4.90 Å². The van der Waals surface area contributed by atoms with Crippen LogP contribution in [0.15, 0.2) is 0 Å². The van der Waals surface area contributed by atoms with Crippen LogP contribution in [-0.4, -0.2) is 48.0 Å². The Labute approximate surface area is 101 Å². The minimum Gasteiger partial charge on any atom is -0.326 e. The van der Waals surface area contributed by atoms with E-state index in [1.165, 1.54) is 9.88 Å². The van der Waals surface area contributed by atoms with Crippen molar-refractivity contribution in [3.63, 3.8) is 0 Å². The van der Waals surface area contributed by atoms with E-state index in [4.69, 9.17) is 5.73 Å². The highest BCUT2D eigenvalue weighted by molar-refractivity contribution is 7.11. The average molecular weight is 240 g/mol. The number of likely N-dealkylation sites (N-methyl/N-ethyl adjacent to an activating group) is 1. The van der Waals surface area contributed by atoms with Crippen molar-refractivity contribution in [2.24, 2.45) is 5.73 Å². The first-order valence-electron chi connectivity index (χ1n) is 5.75. The Morgan fingerprint density at radius 1 is 1.31 bits per heavy atom. The average Bonchev–Trinajstić information content (AvgIpc) is 2.62. The van der Waals surface area contributed by atoms with Crippen molar-refractivity contribution in [2.75, 3.05) is 33.2 Å². The van der Waals surface area contributed by atoms with Gasteiger partial charge in [-0.2, -0.15) is 0 Å². The van der Waals surface area contributed by atoms with E-state index in [-0.39, 0.29) is 0 Å². The molecule has 2 N–H and O–H groups in total. The second-order valence-electron chi connectivity index (χ2n) is 4.40. The van der Waals surface area contributed by atoms with E-state index >= 15 is 0 Å². The van der Waals surface area contributed by atoms with Gasteiger partial charge in [0.1, 0.15) is 5.01 Å². The predicted molar refractivity (Wildman–Crippen MR) is 67.5 cm³/mol. The van der Waals surface area contributed by atoms with Crippen molar-refractivity contribution >= 4 is 11.3 Å². The van der Waals surface area contributed by atoms with Gasteiger partial charge in [-0.15, -0.1) is 11.3 Å². The van der Waals surface area contributed by atoms with Crippen LogP contribution in [0.3, 0.4) is 0 Å². The van der Waals surface area contributed by atoms with Crippen LogP contribution in [0.1, 0.15) is 15.6 Å². The van der Waals surface area contributed by atoms with Crippen LogP contribution in [0, 0.1) is 6.92 Å². The van der Waals surface area contributed by atoms with Crippen LogP contribution < -0.4 is 5.73 Å². The van der Waals surface area contributed by atoms with Gasteiger partial charge in [0, 0.05) is 37.6 Å². The molecule has 1 aromatic heterocycles. The molecule has 0 radical (unpaired) electrons. The van der Waals surface area contributed by atoms with Gasteiger partial charge >= 0.3 is 0 Å². The lowest BCUT2D eigenvalue weighted by Crippen LogP contribution is -2.43. The third-order valence-electron chi connectivity index (χ3n) is 3.08. The number of hydrogen-bond donors (Lipinski definition) is 1. The number of hydrogen-bond acceptors (Lipinski definition) is 5. The molecular formula is C11H20N4S. The molecule has 0 aliphatic carbocycles. The normalized spacial score (nSPS) is 19.2. The summed E-state index contributed by atoms with van der Waals surface area (Å²) >= 11 is 1.76. The zero-order chi connectivity index (χ0) is 11.5. The molecule has 90 valence electrons. The van der Waals surface area contributed by atoms with Gasteiger partial charge in [-0.25, -0.2) is 4.98 Å². The van der Waals surface area contributed by atoms with Gasteiger partial charge in [-0.05, 0) is 14.0 Å². The number of nitrogens with two attached hydrogens (primary N) is 1. The molecule has 1 fully saturated rings. The van der Waals surface area contributed by atoms with Crippen LogP contribution in [0.2, 0.25) is 0 Å². The minimum absolute atomic E-state index is 0.617. The zero-order valence-corrected chi connectivity index (χ0v) is 10.9. The van der Waals surface area contributed by atoms with E-state index in [1.807, 2.05) is 6.92 Å². The molecule has 0 spiro atoms. The Morgan fingerprint density at radius 3 is 2.56 bits per heavy atom. The lowest BCUT2D eigenvalue weighted by Gasteiger charge is -2.31. The Hall–Kier alpha value is -0.490. The summed E-state index contributed by atoms with van der Waals surface area (Å²) in [6.45, 7) is 8.26. The number of piperazine rings is 1. The Kier molecular flexibility index (Phi) is 3.91. The third-order valence-corrected chi connectivity index (χ3v) is 4.24. The number of thiazole rings is 1. The first-order chi connectivity index (χ1) is 7.69. The van der Waals surface area contributed by atoms with Crippen molar-refractivity contribution < 1.29 is 0 Å². The Morgan fingerprint density at radius 2 is 2.00 bits per heavy atom. The van der Waals surface area contributed by atoms with E-state index in [0.717, 1.165) is 38.4 Å². The summed E-state index contributed by atoms with van der Waals surface area (Å²) in [6, 6.07) is 0. The first kappa shape index (κ1) is 12.0. The molecule has 0 bridgehead atoms. The molecule has 0 aromatic carbocycles. The summed E-state index contributed by atoms with van der Waals surface area (Å²) in [4.78, 5) is 10.6. The maximum absolute atomic E-state index is 5.67. The quantitative estimate of drug-likeness (QED) is 0.843. The Bertz CT molecular complexity index is 342. The molecule has 4 nitrogen and oxygen atoms in total. The molecule has 0 unspecified atom stereocenters. The molecule has 1 aliphatic rings. The maximum Gasteiger partial charge on any atom is 0.107 e. The highest BCUT2D eigenvalue weighted by Crippen LogP contribution is 2.19. The number of aromatic nitrogens is 1. The van der Waals surface area contributed by atoms with Crippen LogP contribution in [0.25, 0.3) is 0 Å². The van der Waals surface area contributed by atoms with Crippen LogP contribution in [-0.2, 0) is 13.1 Å². The second kappa shape index (κ2) is 5.23. The monoisotopic (exact) mass is 240 g/mol. The first-order valence-corrected chi connectivity index (χ1v) is 6.57. The van der Waals surface area contributed by atoms with Crippen molar-refractivity contribution in [3.05, 3.63) is 15.6 Å². The number of nitrogens with zero attached hydrogens (tertiary/aromatic N) is 3. The van der Waals surface area contributed by atoms with Crippen molar-refractivity contribution in [1.82, 2.24) is 14.8 Å². The molecule has 5 heteroatoms. The van der Waals surface area contributed by atoms with E-state index in [2.05, 4.69) is 21.8 Å². The molecule has 1 aromatic rings. The highest BCUT2D eigenvalue weighted by atomic mass is 32.1. The minimum atomic E-state index is 0.617. The fourth-order valence-electron chi connectivity index (χ4n) is 1.94. The molecule has 2 rings (SSSR count). The van der Waals surface area contributed by atoms with E-state index in [9.17, 15) is 0 Å². The lowest BCUT2D eigenvalue weighted by molar-refractivity contribution is 0.148. The summed E-state index contributed by atoms with van der Waals surface area (Å²) in [5.74, 6) is 0. The van der Waals surface area contributed by atoms with Gasteiger partial charge in [0.15, 0.2) is 0 Å². The topological polar surface area (TPSA) is 45.4 Å². The third kappa shape index (κ3) is 2.79. The smallest absolute Gasteiger partial charge is 0.107 e. The van der Waals surface area contributed by atoms with Crippen LogP contribution in [0.5, 0.6) is 0 Å². The van der Waals surface area contributed by atoms with E-state index in [0.29, 0.717) is 6.54 Å². The molecule has 0 saturated carbocycles. The molecule has 0 atom stereocenters. The summed E-state index contributed by atoms with van der Waals surface area (Å²) < 4.78 is 0. The molecule has 1 aliphatic heterocycles. The highest BCUT2D eigenvalue weighted by Gasteiger charge is 2.16. The molecule has 2 heterocycles. The van der Waals surface area contributed by atoms with Gasteiger partial charge in [0.2, 0.25) is 0 Å². The zero-order valence-electron chi connectivity index (χ0n) is 10.1. The predicted octanol–water partition coefficient (Wildman–Crippen LogP) is 0.658. The molecule has 16 heavy (non-hydrogen) atoms. The van der Waals surface area contributed by atoms with Gasteiger partial charge in [-0.1, -0.05) is 0 Å². The summed E-state index contributed by atoms with van der Waals surface area (Å²) in [5.41, 5.74) is 6.77. The van der Waals surface area contributed by atoms with E-state index in [1.54, 1.807) is 11.3 Å². The number of rotatable bonds is 3. The molecular weight excluding hydrogens is 220 g/mol. The van der Waals surface area contributed by atoms with Gasteiger partial charge in [0.25, 0.3) is 0 Å². The van der Waals surface area contributed by atoms with Crippen molar-refractivity contribution in [2.45, 2.75) is 20.0 Å². The summed E-state index contributed by atoms with van der Waals surface area (Å²) in [7, 11) is 2.18. The summed E-state index contributed by atoms with van der Waals surface area (Å²) in [5, 5.41) is 1.21. The van der Waals surface area contributed by atoms with Crippen molar-refractivity contribution in [1.29, 1.82) is 0 Å². The van der Waals surface area contributed by atoms with E-state index < -0.39 is 0 Å². The van der Waals surface area contributed by atoms with Crippen LogP contribution >= 0.6 is 11.3 Å². The fourth-order valence-corrected chi connectivity index (χ4v) is 2.93. The van der Waals surface area contributed by atoms with Gasteiger partial charge in [0.05, 0.1) is 12.2 Å². The second-order valence-corrected chi connectivity index (χ2v) is 5.57. The molecule has 0 amide bonds. The van der Waals surface area contributed by atoms with Gasteiger partial charge < -0.3 is 10.6 Å². The largest absolute Gasteiger partial charge is 0.326 e. The fraction of sp³-hybridized carbons (Fsp3) is 0.727. The Balaban J connectivity index is 1.93. The molecule has 1 saturated heterocycles. The summed E-state index contributed by atoms with van der Waals surface area (Å²) in [6.07, 6.45) is 0. The SMILES string of the molecule is Cc1nc(CN2CCN(C)CC2)sc1CN. The lowest BCUT2D eigenvalue weighted by atomic mass is 10.3. The maximum atomic E-state index is 5.67. The standard InChI is InChI=1S/C11H20N4S/c1-9-10(7-12)16-11(13-9)8-15-5-3-14(2)4-6-15/h3-8,12H2,1-2H3. The number of aryl methyl sites for hydroxylation is 1.